The summed E-state index contributed by atoms with van der Waals surface area (Å²) in [4.78, 5) is 15.0. The first-order chi connectivity index (χ1) is 15.1. The molecule has 2 fully saturated rings. The van der Waals surface area contributed by atoms with Crippen LogP contribution < -0.4 is 5.32 Å². The van der Waals surface area contributed by atoms with Gasteiger partial charge in [-0.25, -0.2) is 0 Å². The third-order valence-electron chi connectivity index (χ3n) is 6.45. The lowest BCUT2D eigenvalue weighted by molar-refractivity contribution is -0.122. The highest BCUT2D eigenvalue weighted by molar-refractivity contribution is 5.76. The minimum atomic E-state index is -0.738. The van der Waals surface area contributed by atoms with Crippen LogP contribution in [0.15, 0.2) is 34.8 Å². The number of hydrogen-bond donors (Lipinski definition) is 2. The number of ether oxygens (including phenoxy) is 2. The first kappa shape index (κ1) is 23.9. The largest absolute Gasteiger partial charge is 0.486 e. The maximum absolute atomic E-state index is 12.7. The molecule has 0 aromatic rings. The van der Waals surface area contributed by atoms with Crippen molar-refractivity contribution in [3.8, 4) is 0 Å². The number of likely N-dealkylation sites (tertiary alicyclic amines) is 1. The van der Waals surface area contributed by atoms with Crippen LogP contribution in [0.1, 0.15) is 71.6 Å². The second kappa shape index (κ2) is 12.3. The molecule has 174 valence electrons. The molecule has 6 heteroatoms. The molecule has 2 saturated heterocycles. The zero-order valence-corrected chi connectivity index (χ0v) is 19.3. The highest BCUT2D eigenvalue weighted by Crippen LogP contribution is 2.29. The average molecular weight is 433 g/mol. The van der Waals surface area contributed by atoms with Crippen LogP contribution in [0.4, 0.5) is 0 Å². The van der Waals surface area contributed by atoms with Crippen LogP contribution in [-0.2, 0) is 14.3 Å². The minimum absolute atomic E-state index is 0.0451. The van der Waals surface area contributed by atoms with E-state index in [-0.39, 0.29) is 11.9 Å². The molecule has 2 atom stereocenters. The van der Waals surface area contributed by atoms with Crippen molar-refractivity contribution in [2.75, 3.05) is 32.8 Å². The van der Waals surface area contributed by atoms with Crippen LogP contribution in [0.5, 0.6) is 0 Å². The molecule has 1 aliphatic carbocycles. The van der Waals surface area contributed by atoms with Crippen molar-refractivity contribution in [3.63, 3.8) is 0 Å². The molecule has 0 bridgehead atoms. The number of hydrogen-bond acceptors (Lipinski definition) is 5. The molecule has 0 radical (unpaired) electrons. The van der Waals surface area contributed by atoms with Gasteiger partial charge in [0.05, 0.1) is 12.1 Å². The van der Waals surface area contributed by atoms with Gasteiger partial charge < -0.3 is 24.8 Å². The second-order valence-electron chi connectivity index (χ2n) is 8.98. The van der Waals surface area contributed by atoms with Gasteiger partial charge in [0.15, 0.2) is 11.5 Å². The quantitative estimate of drug-likeness (QED) is 0.486. The van der Waals surface area contributed by atoms with Gasteiger partial charge in [-0.05, 0) is 69.0 Å². The minimum Gasteiger partial charge on any atom is -0.486 e. The fourth-order valence-electron chi connectivity index (χ4n) is 4.60. The smallest absolute Gasteiger partial charge is 0.220 e. The Hall–Kier alpha value is -1.79. The number of aliphatic hydroxyl groups excluding tert-OH is 1. The van der Waals surface area contributed by atoms with E-state index in [0.29, 0.717) is 32.6 Å². The lowest BCUT2D eigenvalue weighted by Crippen LogP contribution is -2.50. The van der Waals surface area contributed by atoms with Crippen LogP contribution in [0.3, 0.4) is 0 Å². The summed E-state index contributed by atoms with van der Waals surface area (Å²) in [6, 6.07) is -0.315. The van der Waals surface area contributed by atoms with E-state index in [1.807, 2.05) is 19.1 Å². The van der Waals surface area contributed by atoms with E-state index >= 15 is 0 Å². The van der Waals surface area contributed by atoms with Crippen molar-refractivity contribution in [1.29, 1.82) is 0 Å². The molecule has 2 aliphatic heterocycles. The molecule has 3 rings (SSSR count). The van der Waals surface area contributed by atoms with E-state index in [0.717, 1.165) is 48.6 Å². The SMILES string of the molecule is CCCCCCCC(=O)N[C@H](CN1CCCC1)[C@H](O)C1=C(C)C=C2OCCOC2=CC1. The lowest BCUT2D eigenvalue weighted by Gasteiger charge is -2.30. The predicted octanol–water partition coefficient (Wildman–Crippen LogP) is 3.82. The van der Waals surface area contributed by atoms with Gasteiger partial charge in [-0.2, -0.15) is 0 Å². The van der Waals surface area contributed by atoms with E-state index in [9.17, 15) is 9.90 Å². The fourth-order valence-corrected chi connectivity index (χ4v) is 4.60. The summed E-state index contributed by atoms with van der Waals surface area (Å²) in [5, 5.41) is 14.5. The number of nitrogens with one attached hydrogen (secondary N) is 1. The zero-order valence-electron chi connectivity index (χ0n) is 19.3. The van der Waals surface area contributed by atoms with Crippen LogP contribution in [0.2, 0.25) is 0 Å². The zero-order chi connectivity index (χ0) is 22.1. The molecule has 0 aromatic carbocycles. The van der Waals surface area contributed by atoms with Gasteiger partial charge in [-0.1, -0.05) is 32.6 Å². The van der Waals surface area contributed by atoms with Gasteiger partial charge in [0.1, 0.15) is 13.2 Å². The summed E-state index contributed by atoms with van der Waals surface area (Å²) < 4.78 is 11.5. The molecule has 0 spiro atoms. The van der Waals surface area contributed by atoms with Crippen LogP contribution in [0.25, 0.3) is 0 Å². The topological polar surface area (TPSA) is 71.0 Å². The molecular formula is C25H40N2O4. The Labute approximate surface area is 187 Å². The van der Waals surface area contributed by atoms with Crippen molar-refractivity contribution in [1.82, 2.24) is 10.2 Å². The third-order valence-corrected chi connectivity index (χ3v) is 6.45. The van der Waals surface area contributed by atoms with Gasteiger partial charge in [0.25, 0.3) is 0 Å². The van der Waals surface area contributed by atoms with Crippen molar-refractivity contribution >= 4 is 5.91 Å². The number of carbonyl (C=O) groups excluding carboxylic acids is 1. The Morgan fingerprint density at radius 1 is 1.13 bits per heavy atom. The van der Waals surface area contributed by atoms with Crippen molar-refractivity contribution < 1.29 is 19.4 Å². The molecule has 0 unspecified atom stereocenters. The van der Waals surface area contributed by atoms with Crippen LogP contribution in [0, 0.1) is 0 Å². The number of unbranched alkanes of at least 4 members (excludes halogenated alkanes) is 4. The lowest BCUT2D eigenvalue weighted by atomic mass is 9.94. The van der Waals surface area contributed by atoms with Gasteiger partial charge in [-0.15, -0.1) is 0 Å². The first-order valence-corrected chi connectivity index (χ1v) is 12.2. The Balaban J connectivity index is 1.66. The van der Waals surface area contributed by atoms with E-state index in [1.165, 1.54) is 32.1 Å². The number of allylic oxidation sites excluding steroid dienone is 3. The molecule has 2 heterocycles. The summed E-state index contributed by atoms with van der Waals surface area (Å²) >= 11 is 0. The number of nitrogens with zero attached hydrogens (tertiary/aromatic N) is 1. The summed E-state index contributed by atoms with van der Waals surface area (Å²) in [7, 11) is 0. The Morgan fingerprint density at radius 2 is 1.84 bits per heavy atom. The normalized spacial score (nSPS) is 21.3. The maximum Gasteiger partial charge on any atom is 0.220 e. The average Bonchev–Trinajstić information content (AvgIpc) is 3.21. The van der Waals surface area contributed by atoms with Gasteiger partial charge in [-0.3, -0.25) is 4.79 Å². The fraction of sp³-hybridized carbons (Fsp3) is 0.720. The van der Waals surface area contributed by atoms with E-state index in [1.54, 1.807) is 0 Å². The first-order valence-electron chi connectivity index (χ1n) is 12.2. The predicted molar refractivity (Wildman–Crippen MR) is 122 cm³/mol. The molecule has 0 saturated carbocycles. The molecule has 0 aromatic heterocycles. The number of amides is 1. The van der Waals surface area contributed by atoms with Gasteiger partial charge in [0.2, 0.25) is 5.91 Å². The van der Waals surface area contributed by atoms with Crippen molar-refractivity contribution in [2.45, 2.75) is 83.8 Å². The van der Waals surface area contributed by atoms with Crippen molar-refractivity contribution in [3.05, 3.63) is 34.8 Å². The highest BCUT2D eigenvalue weighted by atomic mass is 16.6. The molecular weight excluding hydrogens is 392 g/mol. The Morgan fingerprint density at radius 3 is 2.58 bits per heavy atom. The van der Waals surface area contributed by atoms with E-state index < -0.39 is 6.10 Å². The summed E-state index contributed by atoms with van der Waals surface area (Å²) in [6.07, 6.45) is 12.3. The highest BCUT2D eigenvalue weighted by Gasteiger charge is 2.30. The van der Waals surface area contributed by atoms with Crippen LogP contribution in [-0.4, -0.2) is 60.9 Å². The third kappa shape index (κ3) is 7.11. The van der Waals surface area contributed by atoms with E-state index in [4.69, 9.17) is 9.47 Å². The number of fused-ring (bicyclic) bond motifs is 1. The molecule has 31 heavy (non-hydrogen) atoms. The maximum atomic E-state index is 12.7. The second-order valence-corrected chi connectivity index (χ2v) is 8.98. The monoisotopic (exact) mass is 432 g/mol. The Bertz CT molecular complexity index is 692. The molecule has 2 N–H and O–H groups in total. The number of aliphatic hydroxyl groups is 1. The van der Waals surface area contributed by atoms with Crippen molar-refractivity contribution in [2.24, 2.45) is 0 Å². The number of carbonyl (C=O) groups is 1. The Kier molecular flexibility index (Phi) is 9.47. The molecule has 3 aliphatic rings. The van der Waals surface area contributed by atoms with E-state index in [2.05, 4.69) is 17.1 Å². The van der Waals surface area contributed by atoms with Gasteiger partial charge in [0, 0.05) is 13.0 Å². The molecule has 6 nitrogen and oxygen atoms in total. The van der Waals surface area contributed by atoms with Crippen LogP contribution >= 0.6 is 0 Å². The standard InChI is InChI=1S/C25H40N2O4/c1-3-4-5-6-7-10-24(28)26-21(18-27-13-8-9-14-27)25(29)20-11-12-22-23(17-19(20)2)31-16-15-30-22/h12,17,21,25,29H,3-11,13-16,18H2,1-2H3,(H,26,28)/t21-,25-/m1/s1. The summed E-state index contributed by atoms with van der Waals surface area (Å²) in [5.41, 5.74) is 1.91. The molecule has 1 amide bonds. The summed E-state index contributed by atoms with van der Waals surface area (Å²) in [6.45, 7) is 8.03. The van der Waals surface area contributed by atoms with Gasteiger partial charge >= 0.3 is 0 Å². The number of rotatable bonds is 11. The summed E-state index contributed by atoms with van der Waals surface area (Å²) in [5.74, 6) is 1.53.